The highest BCUT2D eigenvalue weighted by molar-refractivity contribution is 5.95. The van der Waals surface area contributed by atoms with Crippen molar-refractivity contribution in [1.29, 1.82) is 0 Å². The van der Waals surface area contributed by atoms with Gasteiger partial charge in [-0.25, -0.2) is 4.79 Å². The summed E-state index contributed by atoms with van der Waals surface area (Å²) in [4.78, 5) is 22.9. The zero-order valence-corrected chi connectivity index (χ0v) is 10.9. The SMILES string of the molecule is CCCC[C@H](NC(=O)c1cc(C)nn1C)C(=O)O. The van der Waals surface area contributed by atoms with Gasteiger partial charge in [0.25, 0.3) is 5.91 Å². The van der Waals surface area contributed by atoms with Gasteiger partial charge in [0.05, 0.1) is 5.69 Å². The second-order valence-electron chi connectivity index (χ2n) is 4.30. The van der Waals surface area contributed by atoms with E-state index < -0.39 is 17.9 Å². The maximum absolute atomic E-state index is 11.9. The number of aromatic nitrogens is 2. The maximum Gasteiger partial charge on any atom is 0.326 e. The van der Waals surface area contributed by atoms with Crippen LogP contribution >= 0.6 is 0 Å². The lowest BCUT2D eigenvalue weighted by Gasteiger charge is -2.13. The molecular formula is C12H19N3O3. The minimum atomic E-state index is -1.00. The molecule has 6 nitrogen and oxygen atoms in total. The van der Waals surface area contributed by atoms with Crippen LogP contribution in [0.25, 0.3) is 0 Å². The third-order valence-electron chi connectivity index (χ3n) is 2.68. The first kappa shape index (κ1) is 14.2. The fraction of sp³-hybridized carbons (Fsp3) is 0.583. The second-order valence-corrected chi connectivity index (χ2v) is 4.30. The number of unbranched alkanes of at least 4 members (excludes halogenated alkanes) is 1. The first-order chi connectivity index (χ1) is 8.45. The van der Waals surface area contributed by atoms with Gasteiger partial charge in [-0.15, -0.1) is 0 Å². The van der Waals surface area contributed by atoms with E-state index in [2.05, 4.69) is 10.4 Å². The van der Waals surface area contributed by atoms with Gasteiger partial charge in [-0.1, -0.05) is 19.8 Å². The molecule has 6 heteroatoms. The summed E-state index contributed by atoms with van der Waals surface area (Å²) in [5.74, 6) is -1.41. The number of nitrogens with zero attached hydrogens (tertiary/aromatic N) is 2. The summed E-state index contributed by atoms with van der Waals surface area (Å²) >= 11 is 0. The van der Waals surface area contributed by atoms with E-state index in [-0.39, 0.29) is 0 Å². The zero-order chi connectivity index (χ0) is 13.7. The zero-order valence-electron chi connectivity index (χ0n) is 10.9. The number of carboxylic acid groups (broad SMARTS) is 1. The molecule has 1 aromatic rings. The number of hydrogen-bond donors (Lipinski definition) is 2. The average Bonchev–Trinajstić information content (AvgIpc) is 2.63. The molecule has 0 aliphatic heterocycles. The monoisotopic (exact) mass is 253 g/mol. The van der Waals surface area contributed by atoms with Crippen LogP contribution in [0.1, 0.15) is 42.4 Å². The van der Waals surface area contributed by atoms with Crippen LogP contribution in [0.3, 0.4) is 0 Å². The fourth-order valence-corrected chi connectivity index (χ4v) is 1.72. The Kier molecular flexibility index (Phi) is 4.88. The minimum Gasteiger partial charge on any atom is -0.480 e. The van der Waals surface area contributed by atoms with Crippen LogP contribution in [0.2, 0.25) is 0 Å². The quantitative estimate of drug-likeness (QED) is 0.795. The van der Waals surface area contributed by atoms with Crippen LogP contribution in [0.15, 0.2) is 6.07 Å². The molecule has 1 aromatic heterocycles. The number of hydrogen-bond acceptors (Lipinski definition) is 3. The van der Waals surface area contributed by atoms with Crippen LogP contribution in [-0.4, -0.2) is 32.8 Å². The third kappa shape index (κ3) is 3.58. The van der Waals surface area contributed by atoms with Crippen molar-refractivity contribution in [2.45, 2.75) is 39.2 Å². The van der Waals surface area contributed by atoms with Crippen molar-refractivity contribution in [3.8, 4) is 0 Å². The maximum atomic E-state index is 11.9. The Hall–Kier alpha value is -1.85. The van der Waals surface area contributed by atoms with E-state index in [0.29, 0.717) is 12.1 Å². The van der Waals surface area contributed by atoms with Gasteiger partial charge >= 0.3 is 5.97 Å². The number of nitrogens with one attached hydrogen (secondary N) is 1. The average molecular weight is 253 g/mol. The number of carboxylic acids is 1. The standard InChI is InChI=1S/C12H19N3O3/c1-4-5-6-9(12(17)18)13-11(16)10-7-8(2)14-15(10)3/h7,9H,4-6H2,1-3H3,(H,13,16)(H,17,18)/t9-/m0/s1. The Bertz CT molecular complexity index is 440. The largest absolute Gasteiger partial charge is 0.480 e. The van der Waals surface area contributed by atoms with Crippen LogP contribution in [0, 0.1) is 6.92 Å². The van der Waals surface area contributed by atoms with Crippen LogP contribution in [0.4, 0.5) is 0 Å². The smallest absolute Gasteiger partial charge is 0.326 e. The molecule has 1 rings (SSSR count). The highest BCUT2D eigenvalue weighted by atomic mass is 16.4. The normalized spacial score (nSPS) is 12.2. The van der Waals surface area contributed by atoms with E-state index in [0.717, 1.165) is 18.5 Å². The van der Waals surface area contributed by atoms with Gasteiger partial charge < -0.3 is 10.4 Å². The van der Waals surface area contributed by atoms with Crippen molar-refractivity contribution < 1.29 is 14.7 Å². The molecule has 0 spiro atoms. The Morgan fingerprint density at radius 2 is 2.22 bits per heavy atom. The molecular weight excluding hydrogens is 234 g/mol. The first-order valence-corrected chi connectivity index (χ1v) is 6.00. The third-order valence-corrected chi connectivity index (χ3v) is 2.68. The van der Waals surface area contributed by atoms with E-state index in [4.69, 9.17) is 5.11 Å². The molecule has 0 bridgehead atoms. The highest BCUT2D eigenvalue weighted by Gasteiger charge is 2.21. The van der Waals surface area contributed by atoms with Crippen molar-refractivity contribution >= 4 is 11.9 Å². The predicted octanol–water partition coefficient (Wildman–Crippen LogP) is 1.10. The molecule has 0 fully saturated rings. The predicted molar refractivity (Wildman–Crippen MR) is 66.4 cm³/mol. The summed E-state index contributed by atoms with van der Waals surface area (Å²) < 4.78 is 1.45. The van der Waals surface area contributed by atoms with Gasteiger partial charge in [0, 0.05) is 7.05 Å². The van der Waals surface area contributed by atoms with Crippen LogP contribution in [-0.2, 0) is 11.8 Å². The minimum absolute atomic E-state index is 0.371. The van der Waals surface area contributed by atoms with E-state index in [1.54, 1.807) is 20.0 Å². The van der Waals surface area contributed by atoms with Gasteiger partial charge in [0.15, 0.2) is 0 Å². The molecule has 1 atom stereocenters. The molecule has 0 saturated carbocycles. The number of aryl methyl sites for hydroxylation is 2. The van der Waals surface area contributed by atoms with E-state index in [1.807, 2.05) is 6.92 Å². The summed E-state index contributed by atoms with van der Waals surface area (Å²) in [5.41, 5.74) is 1.10. The van der Waals surface area contributed by atoms with Crippen molar-refractivity contribution in [2.24, 2.45) is 7.05 Å². The molecule has 0 unspecified atom stereocenters. The molecule has 0 aromatic carbocycles. The number of rotatable bonds is 6. The van der Waals surface area contributed by atoms with E-state index >= 15 is 0 Å². The molecule has 100 valence electrons. The molecule has 0 saturated heterocycles. The van der Waals surface area contributed by atoms with Crippen molar-refractivity contribution in [3.05, 3.63) is 17.5 Å². The molecule has 1 heterocycles. The summed E-state index contributed by atoms with van der Waals surface area (Å²) in [6.07, 6.45) is 2.10. The Labute approximate surface area is 106 Å². The molecule has 0 aliphatic carbocycles. The topological polar surface area (TPSA) is 84.2 Å². The fourth-order valence-electron chi connectivity index (χ4n) is 1.72. The molecule has 0 aliphatic rings. The van der Waals surface area contributed by atoms with Gasteiger partial charge in [0.2, 0.25) is 0 Å². The van der Waals surface area contributed by atoms with Crippen molar-refractivity contribution in [1.82, 2.24) is 15.1 Å². The van der Waals surface area contributed by atoms with Crippen molar-refractivity contribution in [3.63, 3.8) is 0 Å². The lowest BCUT2D eigenvalue weighted by atomic mass is 10.1. The number of carbonyl (C=O) groups excluding carboxylic acids is 1. The second kappa shape index (κ2) is 6.18. The Balaban J connectivity index is 2.72. The number of amides is 1. The summed E-state index contributed by atoms with van der Waals surface area (Å²) in [6, 6.07) is 0.793. The molecule has 18 heavy (non-hydrogen) atoms. The Morgan fingerprint density at radius 1 is 1.56 bits per heavy atom. The molecule has 0 radical (unpaired) electrons. The number of carbonyl (C=O) groups is 2. The van der Waals surface area contributed by atoms with E-state index in [9.17, 15) is 9.59 Å². The molecule has 2 N–H and O–H groups in total. The lowest BCUT2D eigenvalue weighted by molar-refractivity contribution is -0.139. The van der Waals surface area contributed by atoms with Gasteiger partial charge in [-0.3, -0.25) is 9.48 Å². The van der Waals surface area contributed by atoms with Crippen molar-refractivity contribution in [2.75, 3.05) is 0 Å². The van der Waals surface area contributed by atoms with Gasteiger partial charge in [-0.2, -0.15) is 5.10 Å². The van der Waals surface area contributed by atoms with Crippen LogP contribution in [0.5, 0.6) is 0 Å². The van der Waals surface area contributed by atoms with Gasteiger partial charge in [-0.05, 0) is 19.4 Å². The first-order valence-electron chi connectivity index (χ1n) is 6.00. The summed E-state index contributed by atoms with van der Waals surface area (Å²) in [6.45, 7) is 3.76. The lowest BCUT2D eigenvalue weighted by Crippen LogP contribution is -2.41. The number of aliphatic carboxylic acids is 1. The summed E-state index contributed by atoms with van der Waals surface area (Å²) in [5, 5.41) is 15.6. The van der Waals surface area contributed by atoms with E-state index in [1.165, 1.54) is 4.68 Å². The summed E-state index contributed by atoms with van der Waals surface area (Å²) in [7, 11) is 1.66. The molecule has 1 amide bonds. The highest BCUT2D eigenvalue weighted by Crippen LogP contribution is 2.05. The Morgan fingerprint density at radius 3 is 2.67 bits per heavy atom. The van der Waals surface area contributed by atoms with Gasteiger partial charge in [0.1, 0.15) is 11.7 Å². The van der Waals surface area contributed by atoms with Crippen LogP contribution < -0.4 is 5.32 Å².